The van der Waals surface area contributed by atoms with Crippen molar-refractivity contribution in [3.8, 4) is 0 Å². The molecule has 3 nitrogen and oxygen atoms in total. The van der Waals surface area contributed by atoms with Crippen LogP contribution < -0.4 is 0 Å². The van der Waals surface area contributed by atoms with Crippen LogP contribution in [0, 0.1) is 22.7 Å². The summed E-state index contributed by atoms with van der Waals surface area (Å²) in [6.45, 7) is 0. The van der Waals surface area contributed by atoms with Crippen molar-refractivity contribution in [2.75, 3.05) is 0 Å². The summed E-state index contributed by atoms with van der Waals surface area (Å²) in [6.07, 6.45) is 13.6. The highest BCUT2D eigenvalue weighted by Crippen LogP contribution is 2.52. The van der Waals surface area contributed by atoms with Crippen molar-refractivity contribution in [2.24, 2.45) is 22.7 Å². The lowest BCUT2D eigenvalue weighted by Gasteiger charge is -2.25. The molecule has 0 aromatic carbocycles. The molecule has 0 unspecified atom stereocenters. The maximum absolute atomic E-state index is 12.3. The van der Waals surface area contributed by atoms with Crippen molar-refractivity contribution in [1.82, 2.24) is 0 Å². The van der Waals surface area contributed by atoms with Gasteiger partial charge in [0.2, 0.25) is 0 Å². The fourth-order valence-corrected chi connectivity index (χ4v) is 4.30. The highest BCUT2D eigenvalue weighted by Gasteiger charge is 2.52. The first-order valence-electron chi connectivity index (χ1n) is 7.27. The number of carbonyl (C=O) groups excluding carboxylic acids is 2. The van der Waals surface area contributed by atoms with Crippen molar-refractivity contribution >= 4 is 11.9 Å². The number of esters is 2. The number of rotatable bonds is 2. The van der Waals surface area contributed by atoms with Gasteiger partial charge in [-0.1, -0.05) is 24.3 Å². The first kappa shape index (κ1) is 11.4. The van der Waals surface area contributed by atoms with Crippen molar-refractivity contribution in [3.63, 3.8) is 0 Å². The molecule has 4 aliphatic carbocycles. The molecular weight excluding hydrogens is 240 g/mol. The molecule has 4 rings (SSSR count). The molecule has 2 saturated carbocycles. The second-order valence-electron chi connectivity index (χ2n) is 6.71. The van der Waals surface area contributed by atoms with Gasteiger partial charge in [-0.05, 0) is 50.4 Å². The van der Waals surface area contributed by atoms with Gasteiger partial charge in [0.15, 0.2) is 0 Å². The number of allylic oxidation sites excluding steroid dienone is 2. The minimum absolute atomic E-state index is 0.313. The third kappa shape index (κ3) is 1.50. The molecule has 100 valence electrons. The zero-order chi connectivity index (χ0) is 13.1. The van der Waals surface area contributed by atoms with E-state index < -0.39 is 10.8 Å². The Kier molecular flexibility index (Phi) is 2.16. The third-order valence-electron chi connectivity index (χ3n) is 5.55. The number of hydrogen-bond acceptors (Lipinski definition) is 3. The number of ether oxygens (including phenoxy) is 1. The summed E-state index contributed by atoms with van der Waals surface area (Å²) in [6, 6.07) is 0. The zero-order valence-corrected chi connectivity index (χ0v) is 10.9. The summed E-state index contributed by atoms with van der Waals surface area (Å²) < 4.78 is 5.28. The molecule has 0 heterocycles. The van der Waals surface area contributed by atoms with Gasteiger partial charge in [0.1, 0.15) is 0 Å². The number of hydrogen-bond donors (Lipinski definition) is 0. The van der Waals surface area contributed by atoms with Gasteiger partial charge in [-0.3, -0.25) is 9.59 Å². The Bertz CT molecular complexity index is 472. The van der Waals surface area contributed by atoms with Crippen LogP contribution in [0.3, 0.4) is 0 Å². The summed E-state index contributed by atoms with van der Waals surface area (Å²) >= 11 is 0. The molecule has 0 radical (unpaired) electrons. The molecule has 0 aromatic heterocycles. The van der Waals surface area contributed by atoms with Crippen LogP contribution in [-0.2, 0) is 14.3 Å². The normalized spacial score (nSPS) is 45.1. The Hall–Kier alpha value is -1.38. The summed E-state index contributed by atoms with van der Waals surface area (Å²) in [5.41, 5.74) is -0.978. The molecule has 4 aliphatic rings. The molecule has 0 saturated heterocycles. The van der Waals surface area contributed by atoms with Crippen molar-refractivity contribution < 1.29 is 14.3 Å². The van der Waals surface area contributed by atoms with Crippen molar-refractivity contribution in [1.29, 1.82) is 0 Å². The Morgan fingerprint density at radius 2 is 1.37 bits per heavy atom. The molecule has 19 heavy (non-hydrogen) atoms. The van der Waals surface area contributed by atoms with Gasteiger partial charge in [0, 0.05) is 0 Å². The van der Waals surface area contributed by atoms with Crippen LogP contribution in [0.1, 0.15) is 38.5 Å². The maximum Gasteiger partial charge on any atom is 0.323 e. The van der Waals surface area contributed by atoms with E-state index in [-0.39, 0.29) is 11.9 Å². The van der Waals surface area contributed by atoms with Crippen molar-refractivity contribution in [3.05, 3.63) is 24.3 Å². The van der Waals surface area contributed by atoms with Gasteiger partial charge in [-0.15, -0.1) is 0 Å². The van der Waals surface area contributed by atoms with E-state index in [1.165, 1.54) is 0 Å². The molecule has 4 bridgehead atoms. The Balaban J connectivity index is 1.50. The van der Waals surface area contributed by atoms with E-state index in [2.05, 4.69) is 12.2 Å². The third-order valence-corrected chi connectivity index (χ3v) is 5.55. The van der Waals surface area contributed by atoms with E-state index in [1.807, 2.05) is 12.2 Å². The largest absolute Gasteiger partial charge is 0.392 e. The predicted molar refractivity (Wildman–Crippen MR) is 68.9 cm³/mol. The standard InChI is InChI=1S/C16H18O3/c17-13(15-5-1-11(9-15)2-6-15)19-14(18)16-7-3-12(10-16)4-8-16/h1,3,5,7,11-12H,2,4,6,8-10H2/t11-,12-,15-,16-/m0/s1. The molecule has 0 spiro atoms. The molecule has 0 N–H and O–H groups in total. The van der Waals surface area contributed by atoms with Crippen LogP contribution in [-0.4, -0.2) is 11.9 Å². The number of fused-ring (bicyclic) bond motifs is 4. The first-order valence-corrected chi connectivity index (χ1v) is 7.27. The highest BCUT2D eigenvalue weighted by molar-refractivity contribution is 5.94. The Morgan fingerprint density at radius 1 is 0.895 bits per heavy atom. The van der Waals surface area contributed by atoms with E-state index in [0.29, 0.717) is 11.8 Å². The van der Waals surface area contributed by atoms with Crippen LogP contribution >= 0.6 is 0 Å². The molecular formula is C16H18O3. The fourth-order valence-electron chi connectivity index (χ4n) is 4.30. The average molecular weight is 258 g/mol. The second-order valence-corrected chi connectivity index (χ2v) is 6.71. The summed E-state index contributed by atoms with van der Waals surface area (Å²) in [4.78, 5) is 24.7. The molecule has 0 aliphatic heterocycles. The molecule has 4 atom stereocenters. The summed E-state index contributed by atoms with van der Waals surface area (Å²) in [5.74, 6) is 0.407. The van der Waals surface area contributed by atoms with Crippen molar-refractivity contribution in [2.45, 2.75) is 38.5 Å². The smallest absolute Gasteiger partial charge is 0.323 e. The lowest BCUT2D eigenvalue weighted by molar-refractivity contribution is -0.170. The minimum atomic E-state index is -0.489. The van der Waals surface area contributed by atoms with Crippen LogP contribution in [0.5, 0.6) is 0 Å². The van der Waals surface area contributed by atoms with Crippen LogP contribution in [0.4, 0.5) is 0 Å². The van der Waals surface area contributed by atoms with E-state index in [0.717, 1.165) is 38.5 Å². The van der Waals surface area contributed by atoms with Crippen LogP contribution in [0.15, 0.2) is 24.3 Å². The van der Waals surface area contributed by atoms with Crippen LogP contribution in [0.25, 0.3) is 0 Å². The molecule has 3 heteroatoms. The fraction of sp³-hybridized carbons (Fsp3) is 0.625. The zero-order valence-electron chi connectivity index (χ0n) is 10.9. The predicted octanol–water partition coefficient (Wildman–Crippen LogP) is 2.77. The van der Waals surface area contributed by atoms with Gasteiger partial charge in [0.25, 0.3) is 0 Å². The van der Waals surface area contributed by atoms with Gasteiger partial charge >= 0.3 is 11.9 Å². The second kappa shape index (κ2) is 3.59. The monoisotopic (exact) mass is 258 g/mol. The minimum Gasteiger partial charge on any atom is -0.392 e. The first-order chi connectivity index (χ1) is 9.12. The van der Waals surface area contributed by atoms with E-state index in [9.17, 15) is 9.59 Å². The van der Waals surface area contributed by atoms with Crippen LogP contribution in [0.2, 0.25) is 0 Å². The maximum atomic E-state index is 12.3. The quantitative estimate of drug-likeness (QED) is 0.434. The SMILES string of the molecule is O=C(OC(=O)[C@@]12C=C[C@@H](CC1)C2)[C@@]12C=C[C@@H](CC1)C2. The number of carbonyl (C=O) groups is 2. The average Bonchev–Trinajstić information content (AvgIpc) is 3.19. The van der Waals surface area contributed by atoms with Gasteiger partial charge in [-0.25, -0.2) is 0 Å². The van der Waals surface area contributed by atoms with Gasteiger partial charge in [0.05, 0.1) is 10.8 Å². The van der Waals surface area contributed by atoms with E-state index in [1.54, 1.807) is 0 Å². The van der Waals surface area contributed by atoms with Gasteiger partial charge < -0.3 is 4.74 Å². The van der Waals surface area contributed by atoms with E-state index in [4.69, 9.17) is 4.74 Å². The molecule has 0 aromatic rings. The summed E-state index contributed by atoms with van der Waals surface area (Å²) in [5, 5.41) is 0. The topological polar surface area (TPSA) is 43.4 Å². The van der Waals surface area contributed by atoms with E-state index >= 15 is 0 Å². The van der Waals surface area contributed by atoms with Gasteiger partial charge in [-0.2, -0.15) is 0 Å². The lowest BCUT2D eigenvalue weighted by Crippen LogP contribution is -2.35. The molecule has 0 amide bonds. The summed E-state index contributed by atoms with van der Waals surface area (Å²) in [7, 11) is 0. The lowest BCUT2D eigenvalue weighted by atomic mass is 9.86. The Labute approximate surface area is 112 Å². The Morgan fingerprint density at radius 3 is 1.63 bits per heavy atom. The molecule has 2 fully saturated rings. The highest BCUT2D eigenvalue weighted by atomic mass is 16.6.